The summed E-state index contributed by atoms with van der Waals surface area (Å²) < 4.78 is 6.03. The number of fused-ring (bicyclic) bond motifs is 1. The molecule has 6 heteroatoms. The zero-order valence-corrected chi connectivity index (χ0v) is 14.3. The highest BCUT2D eigenvalue weighted by Crippen LogP contribution is 2.26. The first-order valence-corrected chi connectivity index (χ1v) is 8.57. The van der Waals surface area contributed by atoms with Gasteiger partial charge in [-0.1, -0.05) is 22.7 Å². The first-order valence-electron chi connectivity index (χ1n) is 7.80. The minimum atomic E-state index is 0.186. The van der Waals surface area contributed by atoms with Crippen molar-refractivity contribution < 1.29 is 0 Å². The van der Waals surface area contributed by atoms with E-state index in [-0.39, 0.29) is 6.04 Å². The molecule has 24 heavy (non-hydrogen) atoms. The molecule has 0 aliphatic carbocycles. The van der Waals surface area contributed by atoms with Gasteiger partial charge in [0, 0.05) is 23.6 Å². The van der Waals surface area contributed by atoms with Gasteiger partial charge in [-0.2, -0.15) is 0 Å². The second-order valence-electron chi connectivity index (χ2n) is 5.76. The third-order valence-electron chi connectivity index (χ3n) is 4.01. The Morgan fingerprint density at radius 2 is 1.96 bits per heavy atom. The van der Waals surface area contributed by atoms with Gasteiger partial charge in [-0.05, 0) is 49.6 Å². The second-order valence-corrected chi connectivity index (χ2v) is 6.54. The molecule has 0 radical (unpaired) electrons. The molecule has 0 fully saturated rings. The van der Waals surface area contributed by atoms with E-state index in [9.17, 15) is 0 Å². The van der Waals surface area contributed by atoms with E-state index in [1.165, 1.54) is 16.4 Å². The lowest BCUT2D eigenvalue weighted by atomic mass is 10.1. The van der Waals surface area contributed by atoms with E-state index in [4.69, 9.17) is 0 Å². The second kappa shape index (κ2) is 6.05. The summed E-state index contributed by atoms with van der Waals surface area (Å²) in [6.07, 6.45) is 4.06. The van der Waals surface area contributed by atoms with Crippen LogP contribution in [0, 0.1) is 6.92 Å². The molecular weight excluding hydrogens is 318 g/mol. The lowest BCUT2D eigenvalue weighted by molar-refractivity contribution is 0.887. The van der Waals surface area contributed by atoms with Gasteiger partial charge in [-0.3, -0.25) is 0 Å². The van der Waals surface area contributed by atoms with Crippen LogP contribution in [0.3, 0.4) is 0 Å². The molecule has 1 aromatic carbocycles. The van der Waals surface area contributed by atoms with Crippen LogP contribution in [0.5, 0.6) is 0 Å². The highest BCUT2D eigenvalue weighted by molar-refractivity contribution is 7.05. The number of hydrogen-bond acceptors (Lipinski definition) is 5. The van der Waals surface area contributed by atoms with E-state index < -0.39 is 0 Å². The van der Waals surface area contributed by atoms with Crippen molar-refractivity contribution in [2.45, 2.75) is 19.9 Å². The molecule has 120 valence electrons. The first kappa shape index (κ1) is 14.8. The molecule has 1 atom stereocenters. The van der Waals surface area contributed by atoms with Gasteiger partial charge in [0.25, 0.3) is 0 Å². The average molecular weight is 335 g/mol. The van der Waals surface area contributed by atoms with Crippen molar-refractivity contribution >= 4 is 22.9 Å². The Labute approximate surface area is 144 Å². The fraction of sp³-hybridized carbons (Fsp3) is 0.167. The van der Waals surface area contributed by atoms with Gasteiger partial charge in [0.05, 0.1) is 22.3 Å². The van der Waals surface area contributed by atoms with Crippen molar-refractivity contribution in [1.29, 1.82) is 0 Å². The highest BCUT2D eigenvalue weighted by atomic mass is 32.1. The van der Waals surface area contributed by atoms with Gasteiger partial charge >= 0.3 is 0 Å². The van der Waals surface area contributed by atoms with Crippen LogP contribution >= 0.6 is 11.5 Å². The largest absolute Gasteiger partial charge is 0.378 e. The third-order valence-corrected chi connectivity index (χ3v) is 5.02. The van der Waals surface area contributed by atoms with Gasteiger partial charge in [-0.15, -0.1) is 5.10 Å². The summed E-state index contributed by atoms with van der Waals surface area (Å²) in [5.74, 6) is 0. The monoisotopic (exact) mass is 335 g/mol. The number of imidazole rings is 1. The lowest BCUT2D eigenvalue weighted by Gasteiger charge is -2.14. The standard InChI is InChI=1S/C18H17N5S/c1-12(18-13(2)21-22-24-18)19-15-8-6-14(7-9-15)16-11-23-10-4-3-5-17(23)20-16/h3-12,19H,1-2H3. The maximum absolute atomic E-state index is 4.65. The summed E-state index contributed by atoms with van der Waals surface area (Å²) >= 11 is 1.44. The molecule has 3 heterocycles. The van der Waals surface area contributed by atoms with Crippen LogP contribution in [-0.4, -0.2) is 19.0 Å². The number of nitrogens with one attached hydrogen (secondary N) is 1. The van der Waals surface area contributed by atoms with Crippen LogP contribution in [0.25, 0.3) is 16.9 Å². The van der Waals surface area contributed by atoms with Crippen molar-refractivity contribution in [1.82, 2.24) is 19.0 Å². The molecule has 0 amide bonds. The summed E-state index contributed by atoms with van der Waals surface area (Å²) in [5.41, 5.74) is 5.09. The molecule has 4 aromatic rings. The maximum Gasteiger partial charge on any atom is 0.137 e. The predicted molar refractivity (Wildman–Crippen MR) is 97.3 cm³/mol. The van der Waals surface area contributed by atoms with Crippen LogP contribution in [0.1, 0.15) is 23.5 Å². The van der Waals surface area contributed by atoms with Crippen LogP contribution in [0.2, 0.25) is 0 Å². The predicted octanol–water partition coefficient (Wildman–Crippen LogP) is 4.33. The van der Waals surface area contributed by atoms with E-state index in [1.807, 2.05) is 41.9 Å². The summed E-state index contributed by atoms with van der Waals surface area (Å²) in [6.45, 7) is 4.11. The van der Waals surface area contributed by atoms with Gasteiger partial charge in [0.1, 0.15) is 5.65 Å². The Morgan fingerprint density at radius 1 is 1.12 bits per heavy atom. The lowest BCUT2D eigenvalue weighted by Crippen LogP contribution is -2.06. The molecule has 1 N–H and O–H groups in total. The Balaban J connectivity index is 1.55. The summed E-state index contributed by atoms with van der Waals surface area (Å²) in [6, 6.07) is 14.5. The van der Waals surface area contributed by atoms with Gasteiger partial charge in [0.15, 0.2) is 0 Å². The highest BCUT2D eigenvalue weighted by Gasteiger charge is 2.12. The smallest absolute Gasteiger partial charge is 0.137 e. The molecule has 3 aromatic heterocycles. The summed E-state index contributed by atoms with van der Waals surface area (Å²) in [5, 5.41) is 7.57. The number of hydrogen-bond donors (Lipinski definition) is 1. The third kappa shape index (κ3) is 2.76. The van der Waals surface area contributed by atoms with E-state index in [1.54, 1.807) is 0 Å². The summed E-state index contributed by atoms with van der Waals surface area (Å²) in [7, 11) is 0. The zero-order valence-electron chi connectivity index (χ0n) is 13.5. The van der Waals surface area contributed by atoms with E-state index in [0.717, 1.165) is 28.3 Å². The average Bonchev–Trinajstić information content (AvgIpc) is 3.21. The molecule has 5 nitrogen and oxygen atoms in total. The van der Waals surface area contributed by atoms with Crippen molar-refractivity contribution in [3.05, 3.63) is 65.4 Å². The van der Waals surface area contributed by atoms with Gasteiger partial charge in [0.2, 0.25) is 0 Å². The van der Waals surface area contributed by atoms with Crippen LogP contribution < -0.4 is 5.32 Å². The molecule has 0 aliphatic heterocycles. The molecule has 0 bridgehead atoms. The number of aryl methyl sites for hydroxylation is 1. The molecule has 0 saturated heterocycles. The topological polar surface area (TPSA) is 55.1 Å². The molecule has 0 saturated carbocycles. The number of aromatic nitrogens is 4. The molecular formula is C18H17N5S. The first-order chi connectivity index (χ1) is 11.7. The van der Waals surface area contributed by atoms with Crippen LogP contribution in [-0.2, 0) is 0 Å². The van der Waals surface area contributed by atoms with Crippen molar-refractivity contribution in [2.24, 2.45) is 0 Å². The fourth-order valence-corrected chi connectivity index (χ4v) is 3.40. The molecule has 0 spiro atoms. The number of benzene rings is 1. The normalized spacial score (nSPS) is 12.4. The Hall–Kier alpha value is -2.73. The fourth-order valence-electron chi connectivity index (χ4n) is 2.76. The zero-order chi connectivity index (χ0) is 16.5. The molecule has 4 rings (SSSR count). The Bertz CT molecular complexity index is 937. The number of anilines is 1. The minimum absolute atomic E-state index is 0.186. The van der Waals surface area contributed by atoms with Gasteiger partial charge in [-0.25, -0.2) is 4.98 Å². The van der Waals surface area contributed by atoms with Crippen molar-refractivity contribution in [2.75, 3.05) is 5.32 Å². The van der Waals surface area contributed by atoms with Gasteiger partial charge < -0.3 is 9.72 Å². The van der Waals surface area contributed by atoms with E-state index >= 15 is 0 Å². The number of nitrogens with zero attached hydrogens (tertiary/aromatic N) is 4. The number of rotatable bonds is 4. The SMILES string of the molecule is Cc1nnsc1C(C)Nc1ccc(-c2cn3ccccc3n2)cc1. The van der Waals surface area contributed by atoms with Crippen LogP contribution in [0.15, 0.2) is 54.9 Å². The van der Waals surface area contributed by atoms with Crippen LogP contribution in [0.4, 0.5) is 5.69 Å². The molecule has 1 unspecified atom stereocenters. The Morgan fingerprint density at radius 3 is 2.67 bits per heavy atom. The number of pyridine rings is 1. The van der Waals surface area contributed by atoms with Crippen molar-refractivity contribution in [3.63, 3.8) is 0 Å². The maximum atomic E-state index is 4.65. The Kier molecular flexibility index (Phi) is 3.74. The van der Waals surface area contributed by atoms with E-state index in [0.29, 0.717) is 0 Å². The molecule has 0 aliphatic rings. The van der Waals surface area contributed by atoms with E-state index in [2.05, 4.69) is 51.1 Å². The van der Waals surface area contributed by atoms with Crippen molar-refractivity contribution in [3.8, 4) is 11.3 Å². The quantitative estimate of drug-likeness (QED) is 0.603. The minimum Gasteiger partial charge on any atom is -0.378 e. The summed E-state index contributed by atoms with van der Waals surface area (Å²) in [4.78, 5) is 5.82.